The van der Waals surface area contributed by atoms with Gasteiger partial charge in [0.2, 0.25) is 5.91 Å². The van der Waals surface area contributed by atoms with Crippen molar-refractivity contribution in [3.05, 3.63) is 35.4 Å². The van der Waals surface area contributed by atoms with Gasteiger partial charge in [-0.25, -0.2) is 9.59 Å². The van der Waals surface area contributed by atoms with Crippen LogP contribution in [0.2, 0.25) is 0 Å². The molecule has 172 valence electrons. The van der Waals surface area contributed by atoms with Crippen molar-refractivity contribution in [2.24, 2.45) is 23.2 Å². The minimum Gasteiger partial charge on any atom is -0.465 e. The minimum atomic E-state index is -0.736. The van der Waals surface area contributed by atoms with Gasteiger partial charge in [0.05, 0.1) is 24.2 Å². The predicted octanol–water partition coefficient (Wildman–Crippen LogP) is 2.69. The van der Waals surface area contributed by atoms with Crippen molar-refractivity contribution >= 4 is 17.8 Å². The number of carbonyl (C=O) groups excluding carboxylic acids is 3. The molecule has 1 aromatic carbocycles. The normalized spacial score (nSPS) is 35.1. The molecule has 5 aliphatic rings. The summed E-state index contributed by atoms with van der Waals surface area (Å²) in [7, 11) is 1.32. The molecule has 1 N–H and O–H groups in total. The highest BCUT2D eigenvalue weighted by Gasteiger charge is 2.57. The van der Waals surface area contributed by atoms with Crippen LogP contribution in [0, 0.1) is 23.2 Å². The highest BCUT2D eigenvalue weighted by Crippen LogP contribution is 2.60. The second-order valence-corrected chi connectivity index (χ2v) is 10.4. The predicted molar refractivity (Wildman–Crippen MR) is 114 cm³/mol. The number of nitrogens with zero attached hydrogens (tertiary/aromatic N) is 1. The fourth-order valence-electron chi connectivity index (χ4n) is 7.04. The van der Waals surface area contributed by atoms with Crippen molar-refractivity contribution in [1.82, 2.24) is 4.90 Å². The highest BCUT2D eigenvalue weighted by atomic mass is 16.5. The van der Waals surface area contributed by atoms with E-state index >= 15 is 0 Å². The number of amides is 1. The van der Waals surface area contributed by atoms with Crippen molar-refractivity contribution in [2.75, 3.05) is 13.7 Å². The molecule has 1 saturated heterocycles. The quantitative estimate of drug-likeness (QED) is 0.707. The molecule has 0 radical (unpaired) electrons. The third-order valence-corrected chi connectivity index (χ3v) is 8.06. The Morgan fingerprint density at radius 2 is 1.59 bits per heavy atom. The third-order valence-electron chi connectivity index (χ3n) is 8.06. The van der Waals surface area contributed by atoms with Crippen LogP contribution in [0.1, 0.15) is 60.9 Å². The standard InChI is InChI=1S/C25H31NO6/c1-31-22(28)19-4-2-15(3-5-19)14-32-23(29)21-9-20(27)13-26(21)24(30)25-10-16-6-17(11-25)8-18(7-16)12-25/h2-5,16-18,20-21,27H,6-14H2,1H3/t16?,17?,18?,20-,21-,25?/m1/s1. The molecule has 7 nitrogen and oxygen atoms in total. The first-order chi connectivity index (χ1) is 15.4. The molecule has 0 aromatic heterocycles. The Labute approximate surface area is 188 Å². The van der Waals surface area contributed by atoms with E-state index in [0.29, 0.717) is 23.3 Å². The molecule has 1 amide bonds. The van der Waals surface area contributed by atoms with Gasteiger partial charge in [0.15, 0.2) is 0 Å². The average Bonchev–Trinajstić information content (AvgIpc) is 3.17. The number of carbonyl (C=O) groups is 3. The Morgan fingerprint density at radius 1 is 1.00 bits per heavy atom. The highest BCUT2D eigenvalue weighted by molar-refractivity contribution is 5.90. The van der Waals surface area contributed by atoms with Gasteiger partial charge in [-0.05, 0) is 74.0 Å². The molecule has 4 bridgehead atoms. The van der Waals surface area contributed by atoms with Crippen LogP contribution in [0.15, 0.2) is 24.3 Å². The minimum absolute atomic E-state index is 0.0479. The summed E-state index contributed by atoms with van der Waals surface area (Å²) >= 11 is 0. The monoisotopic (exact) mass is 441 g/mol. The van der Waals surface area contributed by atoms with Crippen molar-refractivity contribution in [3.8, 4) is 0 Å². The number of rotatable bonds is 5. The van der Waals surface area contributed by atoms with Crippen LogP contribution < -0.4 is 0 Å². The first-order valence-corrected chi connectivity index (χ1v) is 11.7. The van der Waals surface area contributed by atoms with Gasteiger partial charge in [-0.3, -0.25) is 4.79 Å². The van der Waals surface area contributed by atoms with Gasteiger partial charge in [-0.1, -0.05) is 12.1 Å². The summed E-state index contributed by atoms with van der Waals surface area (Å²) in [5.74, 6) is 1.06. The molecule has 1 heterocycles. The fraction of sp³-hybridized carbons (Fsp3) is 0.640. The van der Waals surface area contributed by atoms with E-state index in [-0.39, 0.29) is 30.9 Å². The summed E-state index contributed by atoms with van der Waals surface area (Å²) in [5, 5.41) is 10.3. The molecule has 6 rings (SSSR count). The summed E-state index contributed by atoms with van der Waals surface area (Å²) in [4.78, 5) is 39.8. The lowest BCUT2D eigenvalue weighted by molar-refractivity contribution is -0.166. The van der Waals surface area contributed by atoms with E-state index in [0.717, 1.165) is 24.8 Å². The van der Waals surface area contributed by atoms with E-state index < -0.39 is 24.1 Å². The summed E-state index contributed by atoms with van der Waals surface area (Å²) in [6.45, 7) is 0.250. The molecular weight excluding hydrogens is 410 g/mol. The largest absolute Gasteiger partial charge is 0.465 e. The number of hydrogen-bond donors (Lipinski definition) is 1. The van der Waals surface area contributed by atoms with E-state index in [4.69, 9.17) is 4.74 Å². The van der Waals surface area contributed by atoms with E-state index in [1.165, 1.54) is 26.4 Å². The smallest absolute Gasteiger partial charge is 0.337 e. The van der Waals surface area contributed by atoms with Gasteiger partial charge in [0, 0.05) is 13.0 Å². The van der Waals surface area contributed by atoms with Gasteiger partial charge in [-0.2, -0.15) is 0 Å². The molecule has 4 aliphatic carbocycles. The number of aliphatic hydroxyl groups is 1. The first-order valence-electron chi connectivity index (χ1n) is 11.7. The van der Waals surface area contributed by atoms with Gasteiger partial charge < -0.3 is 19.5 Å². The zero-order chi connectivity index (χ0) is 22.5. The van der Waals surface area contributed by atoms with Crippen molar-refractivity contribution < 1.29 is 29.0 Å². The molecule has 0 spiro atoms. The number of methoxy groups -OCH3 is 1. The molecule has 4 saturated carbocycles. The Hall–Kier alpha value is -2.41. The van der Waals surface area contributed by atoms with E-state index in [1.807, 2.05) is 0 Å². The number of β-amino-alcohol motifs (C(OH)–C–C–N with tert-alkyl or cyclic N) is 1. The van der Waals surface area contributed by atoms with Crippen LogP contribution in [0.4, 0.5) is 0 Å². The van der Waals surface area contributed by atoms with Crippen molar-refractivity contribution in [2.45, 2.75) is 63.7 Å². The van der Waals surface area contributed by atoms with Crippen molar-refractivity contribution in [1.29, 1.82) is 0 Å². The Bertz CT molecular complexity index is 874. The molecule has 2 atom stereocenters. The second-order valence-electron chi connectivity index (χ2n) is 10.4. The maximum Gasteiger partial charge on any atom is 0.337 e. The van der Waals surface area contributed by atoms with Crippen LogP contribution in [0.5, 0.6) is 0 Å². The molecule has 1 aromatic rings. The molecule has 32 heavy (non-hydrogen) atoms. The Kier molecular flexibility index (Phi) is 5.48. The van der Waals surface area contributed by atoms with Gasteiger partial charge in [-0.15, -0.1) is 0 Å². The SMILES string of the molecule is COC(=O)c1ccc(COC(=O)[C@H]2C[C@@H](O)CN2C(=O)C23CC4CC(CC(C4)C2)C3)cc1. The third kappa shape index (κ3) is 3.81. The number of likely N-dealkylation sites (tertiary alicyclic amines) is 1. The first kappa shape index (κ1) is 21.4. The van der Waals surface area contributed by atoms with Crippen LogP contribution in [0.25, 0.3) is 0 Å². The zero-order valence-corrected chi connectivity index (χ0v) is 18.5. The van der Waals surface area contributed by atoms with E-state index in [2.05, 4.69) is 4.74 Å². The van der Waals surface area contributed by atoms with Gasteiger partial charge in [0.1, 0.15) is 12.6 Å². The lowest BCUT2D eigenvalue weighted by atomic mass is 9.49. The van der Waals surface area contributed by atoms with Gasteiger partial charge in [0.25, 0.3) is 0 Å². The molecule has 0 unspecified atom stereocenters. The van der Waals surface area contributed by atoms with Crippen LogP contribution in [0.3, 0.4) is 0 Å². The maximum atomic E-state index is 13.7. The van der Waals surface area contributed by atoms with E-state index in [9.17, 15) is 19.5 Å². The van der Waals surface area contributed by atoms with Crippen molar-refractivity contribution in [3.63, 3.8) is 0 Å². The Balaban J connectivity index is 1.25. The zero-order valence-electron chi connectivity index (χ0n) is 18.5. The molecular formula is C25H31NO6. The Morgan fingerprint density at radius 3 is 2.16 bits per heavy atom. The number of esters is 2. The van der Waals surface area contributed by atoms with E-state index in [1.54, 1.807) is 29.2 Å². The topological polar surface area (TPSA) is 93.1 Å². The number of hydrogen-bond acceptors (Lipinski definition) is 6. The average molecular weight is 442 g/mol. The summed E-state index contributed by atoms with van der Waals surface area (Å²) < 4.78 is 10.2. The lowest BCUT2D eigenvalue weighted by Crippen LogP contribution is -2.56. The summed E-state index contributed by atoms with van der Waals surface area (Å²) in [5.41, 5.74) is 0.818. The lowest BCUT2D eigenvalue weighted by Gasteiger charge is -2.56. The van der Waals surface area contributed by atoms with Gasteiger partial charge >= 0.3 is 11.9 Å². The number of benzene rings is 1. The number of ether oxygens (including phenoxy) is 2. The maximum absolute atomic E-state index is 13.7. The molecule has 1 aliphatic heterocycles. The number of aliphatic hydroxyl groups excluding tert-OH is 1. The van der Waals surface area contributed by atoms with Crippen LogP contribution >= 0.6 is 0 Å². The molecule has 7 heteroatoms. The van der Waals surface area contributed by atoms with Crippen LogP contribution in [-0.2, 0) is 25.7 Å². The fourth-order valence-corrected chi connectivity index (χ4v) is 7.04. The second kappa shape index (κ2) is 8.18. The molecule has 5 fully saturated rings. The summed E-state index contributed by atoms with van der Waals surface area (Å²) in [6, 6.07) is 5.93. The van der Waals surface area contributed by atoms with Crippen LogP contribution in [-0.4, -0.2) is 53.7 Å². The summed E-state index contributed by atoms with van der Waals surface area (Å²) in [6.07, 6.45) is 6.04.